The molecule has 1 unspecified atom stereocenters. The maximum Gasteiger partial charge on any atom is 0.425 e. The van der Waals surface area contributed by atoms with Gasteiger partial charge in [-0.15, -0.1) is 0 Å². The summed E-state index contributed by atoms with van der Waals surface area (Å²) in [5, 5.41) is 14.7. The van der Waals surface area contributed by atoms with E-state index in [-0.39, 0.29) is 22.3 Å². The summed E-state index contributed by atoms with van der Waals surface area (Å²) in [5.74, 6) is -0.986. The van der Waals surface area contributed by atoms with Crippen molar-refractivity contribution in [1.29, 1.82) is 0 Å². The molecule has 1 aliphatic rings. The number of halogens is 4. The average molecular weight is 418 g/mol. The van der Waals surface area contributed by atoms with Gasteiger partial charge in [0.15, 0.2) is 18.1 Å². The molecule has 3 aromatic rings. The van der Waals surface area contributed by atoms with E-state index in [0.29, 0.717) is 18.6 Å². The number of nitrogens with zero attached hydrogens (tertiary/aromatic N) is 2. The van der Waals surface area contributed by atoms with Crippen LogP contribution in [0.1, 0.15) is 18.1 Å². The predicted octanol–water partition coefficient (Wildman–Crippen LogP) is 3.58. The summed E-state index contributed by atoms with van der Waals surface area (Å²) in [7, 11) is 0. The quantitative estimate of drug-likeness (QED) is 0.399. The van der Waals surface area contributed by atoms with Gasteiger partial charge in [-0.25, -0.2) is 4.39 Å². The van der Waals surface area contributed by atoms with Crippen molar-refractivity contribution in [3.8, 4) is 22.3 Å². The second kappa shape index (κ2) is 6.33. The highest BCUT2D eigenvalue weighted by atomic mass is 19.4. The number of fused-ring (bicyclic) bond motifs is 3. The number of benzene rings is 2. The van der Waals surface area contributed by atoms with Crippen LogP contribution in [-0.2, 0) is 20.7 Å². The predicted molar refractivity (Wildman–Crippen MR) is 97.9 cm³/mol. The third-order valence-electron chi connectivity index (χ3n) is 5.35. The lowest BCUT2D eigenvalue weighted by atomic mass is 9.89. The zero-order valence-electron chi connectivity index (χ0n) is 15.4. The monoisotopic (exact) mass is 418 g/mol. The van der Waals surface area contributed by atoms with Crippen LogP contribution in [-0.4, -0.2) is 33.6 Å². The van der Waals surface area contributed by atoms with Crippen molar-refractivity contribution >= 4 is 12.6 Å². The Balaban J connectivity index is 2.03. The van der Waals surface area contributed by atoms with Gasteiger partial charge in [-0.1, -0.05) is 24.3 Å². The molecule has 0 bridgehead atoms. The van der Waals surface area contributed by atoms with E-state index in [1.807, 2.05) is 0 Å². The van der Waals surface area contributed by atoms with E-state index >= 15 is 0 Å². The first-order chi connectivity index (χ1) is 14.1. The van der Waals surface area contributed by atoms with Crippen LogP contribution >= 0.6 is 0 Å². The fourth-order valence-electron chi connectivity index (χ4n) is 3.74. The second-order valence-electron chi connectivity index (χ2n) is 7.26. The van der Waals surface area contributed by atoms with Gasteiger partial charge >= 0.3 is 6.18 Å². The van der Waals surface area contributed by atoms with Crippen LogP contribution in [0.15, 0.2) is 48.8 Å². The van der Waals surface area contributed by atoms with Crippen LogP contribution in [0, 0.1) is 5.82 Å². The van der Waals surface area contributed by atoms with Crippen LogP contribution < -0.4 is 0 Å². The summed E-state index contributed by atoms with van der Waals surface area (Å²) in [6.07, 6.45) is -1.88. The Labute approximate surface area is 167 Å². The number of carbonyl (C=O) groups excluding carboxylic acids is 2. The Morgan fingerprint density at radius 1 is 1.07 bits per heavy atom. The molecule has 5 nitrogen and oxygen atoms in total. The Kier molecular flexibility index (Phi) is 4.21. The van der Waals surface area contributed by atoms with E-state index in [0.717, 1.165) is 16.8 Å². The summed E-state index contributed by atoms with van der Waals surface area (Å²) < 4.78 is 57.3. The maximum absolute atomic E-state index is 14.4. The van der Waals surface area contributed by atoms with E-state index in [2.05, 4.69) is 5.10 Å². The van der Waals surface area contributed by atoms with Crippen molar-refractivity contribution in [2.75, 3.05) is 0 Å². The third kappa shape index (κ3) is 2.55. The topological polar surface area (TPSA) is 72.2 Å². The first-order valence-corrected chi connectivity index (χ1v) is 8.78. The van der Waals surface area contributed by atoms with Crippen molar-refractivity contribution in [2.24, 2.45) is 0 Å². The number of rotatable bonds is 4. The van der Waals surface area contributed by atoms with Crippen LogP contribution in [0.5, 0.6) is 0 Å². The largest absolute Gasteiger partial charge is 0.425 e. The minimum absolute atomic E-state index is 0.00489. The minimum atomic E-state index is -5.10. The van der Waals surface area contributed by atoms with Gasteiger partial charge in [0.05, 0.1) is 6.20 Å². The van der Waals surface area contributed by atoms with Crippen molar-refractivity contribution < 1.29 is 32.3 Å². The molecule has 0 saturated heterocycles. The Morgan fingerprint density at radius 2 is 1.73 bits per heavy atom. The van der Waals surface area contributed by atoms with E-state index in [1.54, 1.807) is 0 Å². The van der Waals surface area contributed by atoms with Crippen molar-refractivity contribution in [2.45, 2.75) is 24.2 Å². The number of hydrogen-bond acceptors (Lipinski definition) is 4. The number of aldehydes is 2. The fourth-order valence-corrected chi connectivity index (χ4v) is 3.74. The summed E-state index contributed by atoms with van der Waals surface area (Å²) in [4.78, 5) is 22.6. The fraction of sp³-hybridized carbons (Fsp3) is 0.190. The van der Waals surface area contributed by atoms with Crippen molar-refractivity contribution in [3.05, 3.63) is 65.7 Å². The second-order valence-corrected chi connectivity index (χ2v) is 7.26. The van der Waals surface area contributed by atoms with Crippen LogP contribution in [0.25, 0.3) is 22.3 Å². The smallest absolute Gasteiger partial charge is 0.372 e. The molecule has 0 spiro atoms. The lowest BCUT2D eigenvalue weighted by Gasteiger charge is -2.28. The molecule has 0 saturated carbocycles. The molecule has 1 N–H and O–H groups in total. The summed E-state index contributed by atoms with van der Waals surface area (Å²) in [6.45, 7) is 1.30. The summed E-state index contributed by atoms with van der Waals surface area (Å²) in [5.41, 5.74) is -5.71. The van der Waals surface area contributed by atoms with Gasteiger partial charge < -0.3 is 14.7 Å². The molecule has 9 heteroatoms. The number of aromatic nitrogens is 2. The molecule has 0 radical (unpaired) electrons. The molecule has 1 atom stereocenters. The van der Waals surface area contributed by atoms with Crippen LogP contribution in [0.4, 0.5) is 17.6 Å². The molecule has 2 aromatic carbocycles. The highest BCUT2D eigenvalue weighted by Gasteiger charge is 2.61. The SMILES string of the molecule is CC(C=O)(C=O)n1cc(-c2cc(F)cc3c2-c2ccccc2C3(O)C(F)(F)F)cn1. The summed E-state index contributed by atoms with van der Waals surface area (Å²) >= 11 is 0. The highest BCUT2D eigenvalue weighted by Crippen LogP contribution is 2.57. The first kappa shape index (κ1) is 20.0. The molecule has 1 aliphatic carbocycles. The highest BCUT2D eigenvalue weighted by molar-refractivity contribution is 5.92. The molecular weight excluding hydrogens is 404 g/mol. The third-order valence-corrected chi connectivity index (χ3v) is 5.35. The zero-order chi connectivity index (χ0) is 21.9. The summed E-state index contributed by atoms with van der Waals surface area (Å²) in [6, 6.07) is 7.11. The molecule has 0 aliphatic heterocycles. The number of aliphatic hydroxyl groups is 1. The van der Waals surface area contributed by atoms with Crippen LogP contribution in [0.2, 0.25) is 0 Å². The number of hydrogen-bond donors (Lipinski definition) is 1. The molecule has 30 heavy (non-hydrogen) atoms. The molecule has 1 aromatic heterocycles. The Hall–Kier alpha value is -3.33. The molecule has 0 amide bonds. The van der Waals surface area contributed by atoms with E-state index in [1.165, 1.54) is 37.5 Å². The van der Waals surface area contributed by atoms with Gasteiger partial charge in [0.2, 0.25) is 5.60 Å². The van der Waals surface area contributed by atoms with Gasteiger partial charge in [0, 0.05) is 22.9 Å². The normalized spacial score (nSPS) is 18.1. The molecule has 154 valence electrons. The number of alkyl halides is 3. The van der Waals surface area contributed by atoms with Gasteiger partial charge in [-0.05, 0) is 35.7 Å². The Bertz CT molecular complexity index is 1180. The molecule has 4 rings (SSSR count). The average Bonchev–Trinajstić information content (AvgIpc) is 3.30. The minimum Gasteiger partial charge on any atom is -0.372 e. The lowest BCUT2D eigenvalue weighted by Crippen LogP contribution is -2.41. The molecule has 0 fully saturated rings. The first-order valence-electron chi connectivity index (χ1n) is 8.78. The van der Waals surface area contributed by atoms with E-state index in [9.17, 15) is 32.3 Å². The van der Waals surface area contributed by atoms with Gasteiger partial charge in [0.1, 0.15) is 5.82 Å². The van der Waals surface area contributed by atoms with E-state index < -0.39 is 34.3 Å². The zero-order valence-corrected chi connectivity index (χ0v) is 15.4. The van der Waals surface area contributed by atoms with Gasteiger partial charge in [0.25, 0.3) is 0 Å². The maximum atomic E-state index is 14.4. The molecular formula is C21H14F4N2O3. The van der Waals surface area contributed by atoms with E-state index in [4.69, 9.17) is 0 Å². The van der Waals surface area contributed by atoms with Crippen LogP contribution in [0.3, 0.4) is 0 Å². The standard InChI is InChI=1S/C21H14F4N2O3/c1-19(10-28,11-29)27-9-12(8-26-27)15-6-13(22)7-17-18(15)14-4-2-3-5-16(14)20(17,30)21(23,24)25/h2-11,30H,1H3. The van der Waals surface area contributed by atoms with Crippen molar-refractivity contribution in [1.82, 2.24) is 9.78 Å². The lowest BCUT2D eigenvalue weighted by molar-refractivity contribution is -0.246. The van der Waals surface area contributed by atoms with Gasteiger partial charge in [-0.2, -0.15) is 18.3 Å². The molecule has 1 heterocycles. The Morgan fingerprint density at radius 3 is 2.37 bits per heavy atom. The van der Waals surface area contributed by atoms with Gasteiger partial charge in [-0.3, -0.25) is 4.68 Å². The number of carbonyl (C=O) groups is 2. The van der Waals surface area contributed by atoms with Crippen molar-refractivity contribution in [3.63, 3.8) is 0 Å².